The van der Waals surface area contributed by atoms with Crippen LogP contribution >= 0.6 is 0 Å². The Hall–Kier alpha value is -1.61. The van der Waals surface area contributed by atoms with E-state index in [1.54, 1.807) is 0 Å². The van der Waals surface area contributed by atoms with Gasteiger partial charge in [-0.25, -0.2) is 4.98 Å². The van der Waals surface area contributed by atoms with E-state index in [1.807, 2.05) is 6.20 Å². The fourth-order valence-corrected chi connectivity index (χ4v) is 2.33. The quantitative estimate of drug-likeness (QED) is 0.778. The van der Waals surface area contributed by atoms with E-state index in [4.69, 9.17) is 0 Å². The Kier molecular flexibility index (Phi) is 3.65. The number of anilines is 1. The minimum Gasteiger partial charge on any atom is -0.367 e. The number of nitrogens with one attached hydrogen (secondary N) is 2. The number of hydrogen-bond acceptors (Lipinski definition) is 3. The summed E-state index contributed by atoms with van der Waals surface area (Å²) >= 11 is 0. The van der Waals surface area contributed by atoms with Gasteiger partial charge in [-0.3, -0.25) is 0 Å². The van der Waals surface area contributed by atoms with Crippen LogP contribution in [0, 0.1) is 0 Å². The first-order valence-corrected chi connectivity index (χ1v) is 7.22. The molecule has 1 aliphatic carbocycles. The number of fused-ring (bicyclic) bond motifs is 1. The van der Waals surface area contributed by atoms with Crippen molar-refractivity contribution < 1.29 is 0 Å². The summed E-state index contributed by atoms with van der Waals surface area (Å²) in [5.41, 5.74) is 1.28. The molecule has 3 heteroatoms. The maximum absolute atomic E-state index is 4.61. The highest BCUT2D eigenvalue weighted by molar-refractivity contribution is 5.94. The molecule has 1 aromatic heterocycles. The smallest absolute Gasteiger partial charge is 0.134 e. The molecule has 3 nitrogen and oxygen atoms in total. The van der Waals surface area contributed by atoms with E-state index < -0.39 is 0 Å². The summed E-state index contributed by atoms with van der Waals surface area (Å²) in [5, 5.41) is 9.53. The zero-order valence-electron chi connectivity index (χ0n) is 11.4. The van der Waals surface area contributed by atoms with Crippen molar-refractivity contribution in [1.29, 1.82) is 0 Å². The van der Waals surface area contributed by atoms with Gasteiger partial charge in [0.15, 0.2) is 0 Å². The Labute approximate surface area is 114 Å². The van der Waals surface area contributed by atoms with Crippen LogP contribution < -0.4 is 10.6 Å². The van der Waals surface area contributed by atoms with Crippen LogP contribution in [0.4, 0.5) is 5.82 Å². The maximum atomic E-state index is 4.61. The van der Waals surface area contributed by atoms with Crippen LogP contribution in [0.3, 0.4) is 0 Å². The summed E-state index contributed by atoms with van der Waals surface area (Å²) in [4.78, 5) is 4.61. The van der Waals surface area contributed by atoms with Gasteiger partial charge in [0.25, 0.3) is 0 Å². The van der Waals surface area contributed by atoms with Crippen LogP contribution in [0.1, 0.15) is 31.7 Å². The van der Waals surface area contributed by atoms with Gasteiger partial charge in [-0.2, -0.15) is 0 Å². The topological polar surface area (TPSA) is 37.0 Å². The molecule has 1 saturated carbocycles. The van der Waals surface area contributed by atoms with E-state index in [9.17, 15) is 0 Å². The zero-order chi connectivity index (χ0) is 13.1. The summed E-state index contributed by atoms with van der Waals surface area (Å²) in [5.74, 6) is 1.04. The third kappa shape index (κ3) is 2.87. The molecule has 0 aliphatic heterocycles. The number of hydrogen-bond donors (Lipinski definition) is 2. The van der Waals surface area contributed by atoms with Crippen molar-refractivity contribution in [1.82, 2.24) is 10.3 Å². The van der Waals surface area contributed by atoms with Crippen molar-refractivity contribution in [3.8, 4) is 0 Å². The van der Waals surface area contributed by atoms with E-state index in [0.717, 1.165) is 25.3 Å². The van der Waals surface area contributed by atoms with Crippen molar-refractivity contribution in [3.05, 3.63) is 36.0 Å². The Morgan fingerprint density at radius 3 is 2.74 bits per heavy atom. The van der Waals surface area contributed by atoms with Gasteiger partial charge in [0, 0.05) is 24.2 Å². The van der Waals surface area contributed by atoms with Gasteiger partial charge < -0.3 is 10.6 Å². The lowest BCUT2D eigenvalue weighted by molar-refractivity contribution is 0.677. The molecule has 2 aromatic rings. The Bertz CT molecular complexity index is 561. The number of aromatic nitrogens is 1. The molecule has 0 bridgehead atoms. The highest BCUT2D eigenvalue weighted by Gasteiger charge is 2.22. The molecular formula is C16H21N3. The third-order valence-electron chi connectivity index (χ3n) is 3.54. The highest BCUT2D eigenvalue weighted by Crippen LogP contribution is 2.29. The van der Waals surface area contributed by atoms with Crippen LogP contribution in [0.5, 0.6) is 0 Å². The monoisotopic (exact) mass is 255 g/mol. The van der Waals surface area contributed by atoms with Crippen LogP contribution in [0.25, 0.3) is 10.8 Å². The lowest BCUT2D eigenvalue weighted by Gasteiger charge is -2.12. The van der Waals surface area contributed by atoms with Gasteiger partial charge in [0.1, 0.15) is 5.82 Å². The summed E-state index contributed by atoms with van der Waals surface area (Å²) in [6.45, 7) is 4.13. The second kappa shape index (κ2) is 5.57. The fraction of sp³-hybridized carbons (Fsp3) is 0.438. The number of benzene rings is 1. The SMILES string of the molecule is CCCNCc1cnc(NC2CC2)c2ccccc12. The van der Waals surface area contributed by atoms with E-state index in [2.05, 4.69) is 46.8 Å². The standard InChI is InChI=1S/C16H21N3/c1-2-9-17-10-12-11-18-16(19-13-7-8-13)15-6-4-3-5-14(12)15/h3-6,11,13,17H,2,7-10H2,1H3,(H,18,19). The second-order valence-corrected chi connectivity index (χ2v) is 5.27. The van der Waals surface area contributed by atoms with Crippen LogP contribution in [-0.2, 0) is 6.54 Å². The first-order valence-electron chi connectivity index (χ1n) is 7.22. The van der Waals surface area contributed by atoms with Gasteiger partial charge in [0.2, 0.25) is 0 Å². The average molecular weight is 255 g/mol. The Balaban J connectivity index is 1.90. The van der Waals surface area contributed by atoms with Crippen LogP contribution in [0.2, 0.25) is 0 Å². The molecule has 0 atom stereocenters. The fourth-order valence-electron chi connectivity index (χ4n) is 2.33. The van der Waals surface area contributed by atoms with Crippen molar-refractivity contribution >= 4 is 16.6 Å². The van der Waals surface area contributed by atoms with Gasteiger partial charge in [-0.15, -0.1) is 0 Å². The minimum absolute atomic E-state index is 0.639. The first kappa shape index (κ1) is 12.4. The number of pyridine rings is 1. The summed E-state index contributed by atoms with van der Waals surface area (Å²) in [7, 11) is 0. The third-order valence-corrected chi connectivity index (χ3v) is 3.54. The summed E-state index contributed by atoms with van der Waals surface area (Å²) in [6, 6.07) is 9.19. The molecular weight excluding hydrogens is 234 g/mol. The largest absolute Gasteiger partial charge is 0.367 e. The molecule has 1 fully saturated rings. The van der Waals surface area contributed by atoms with Crippen molar-refractivity contribution in [2.45, 2.75) is 38.8 Å². The second-order valence-electron chi connectivity index (χ2n) is 5.27. The van der Waals surface area contributed by atoms with Gasteiger partial charge in [-0.1, -0.05) is 31.2 Å². The first-order chi connectivity index (χ1) is 9.38. The molecule has 19 heavy (non-hydrogen) atoms. The van der Waals surface area contributed by atoms with Gasteiger partial charge in [-0.05, 0) is 36.8 Å². The molecule has 3 rings (SSSR count). The van der Waals surface area contributed by atoms with Crippen molar-refractivity contribution in [2.75, 3.05) is 11.9 Å². The molecule has 0 unspecified atom stereocenters. The number of nitrogens with zero attached hydrogens (tertiary/aromatic N) is 1. The maximum Gasteiger partial charge on any atom is 0.134 e. The lowest BCUT2D eigenvalue weighted by atomic mass is 10.1. The van der Waals surface area contributed by atoms with E-state index in [-0.39, 0.29) is 0 Å². The predicted molar refractivity (Wildman–Crippen MR) is 80.4 cm³/mol. The molecule has 0 saturated heterocycles. The molecule has 100 valence electrons. The molecule has 1 heterocycles. The van der Waals surface area contributed by atoms with Gasteiger partial charge >= 0.3 is 0 Å². The van der Waals surface area contributed by atoms with E-state index >= 15 is 0 Å². The highest BCUT2D eigenvalue weighted by atomic mass is 15.0. The average Bonchev–Trinajstić information content (AvgIpc) is 3.25. The Morgan fingerprint density at radius 2 is 2.00 bits per heavy atom. The molecule has 0 spiro atoms. The van der Waals surface area contributed by atoms with Crippen molar-refractivity contribution in [2.24, 2.45) is 0 Å². The summed E-state index contributed by atoms with van der Waals surface area (Å²) < 4.78 is 0. The normalized spacial score (nSPS) is 14.8. The zero-order valence-corrected chi connectivity index (χ0v) is 11.4. The van der Waals surface area contributed by atoms with Crippen LogP contribution in [-0.4, -0.2) is 17.6 Å². The molecule has 1 aromatic carbocycles. The summed E-state index contributed by atoms with van der Waals surface area (Å²) in [6.07, 6.45) is 5.72. The molecule has 2 N–H and O–H groups in total. The number of rotatable bonds is 6. The lowest BCUT2D eigenvalue weighted by Crippen LogP contribution is -2.14. The van der Waals surface area contributed by atoms with Gasteiger partial charge in [0.05, 0.1) is 0 Å². The molecule has 1 aliphatic rings. The molecule has 0 radical (unpaired) electrons. The van der Waals surface area contributed by atoms with Crippen molar-refractivity contribution in [3.63, 3.8) is 0 Å². The van der Waals surface area contributed by atoms with Crippen LogP contribution in [0.15, 0.2) is 30.5 Å². The van der Waals surface area contributed by atoms with E-state index in [0.29, 0.717) is 6.04 Å². The molecule has 0 amide bonds. The van der Waals surface area contributed by atoms with E-state index in [1.165, 1.54) is 29.2 Å². The Morgan fingerprint density at radius 1 is 1.21 bits per heavy atom. The minimum atomic E-state index is 0.639. The predicted octanol–water partition coefficient (Wildman–Crippen LogP) is 3.31.